The van der Waals surface area contributed by atoms with Crippen LogP contribution in [0, 0.1) is 5.92 Å². The molecular formula is C18H33N5O6S. The summed E-state index contributed by atoms with van der Waals surface area (Å²) in [6.07, 6.45) is 1.84. The van der Waals surface area contributed by atoms with Crippen LogP contribution in [0.1, 0.15) is 40.0 Å². The Morgan fingerprint density at radius 1 is 0.900 bits per heavy atom. The van der Waals surface area contributed by atoms with Crippen molar-refractivity contribution in [3.05, 3.63) is 0 Å². The second-order valence-corrected chi connectivity index (χ2v) is 8.25. The Kier molecular flexibility index (Phi) is 12.7. The third-order valence-electron chi connectivity index (χ3n) is 4.20. The van der Waals surface area contributed by atoms with Gasteiger partial charge in [-0.15, -0.1) is 0 Å². The summed E-state index contributed by atoms with van der Waals surface area (Å²) in [7, 11) is 0. The van der Waals surface area contributed by atoms with Crippen LogP contribution in [-0.2, 0) is 24.0 Å². The summed E-state index contributed by atoms with van der Waals surface area (Å²) in [5.41, 5.74) is 10.6. The summed E-state index contributed by atoms with van der Waals surface area (Å²) in [5, 5.41) is 16.7. The van der Waals surface area contributed by atoms with Crippen molar-refractivity contribution in [3.8, 4) is 0 Å². The largest absolute Gasteiger partial charge is 0.480 e. The molecule has 0 aliphatic rings. The third kappa shape index (κ3) is 10.4. The number of carboxylic acids is 1. The molecule has 8 N–H and O–H groups in total. The predicted molar refractivity (Wildman–Crippen MR) is 113 cm³/mol. The van der Waals surface area contributed by atoms with Crippen LogP contribution in [-0.4, -0.2) is 70.9 Å². The van der Waals surface area contributed by atoms with Crippen LogP contribution in [0.5, 0.6) is 0 Å². The molecule has 0 aliphatic carbocycles. The first-order chi connectivity index (χ1) is 13.9. The molecule has 0 saturated carbocycles. The molecular weight excluding hydrogens is 414 g/mol. The monoisotopic (exact) mass is 447 g/mol. The van der Waals surface area contributed by atoms with Crippen LogP contribution in [0.2, 0.25) is 0 Å². The van der Waals surface area contributed by atoms with E-state index in [0.29, 0.717) is 5.75 Å². The summed E-state index contributed by atoms with van der Waals surface area (Å²) < 4.78 is 0. The highest BCUT2D eigenvalue weighted by atomic mass is 32.2. The van der Waals surface area contributed by atoms with Crippen molar-refractivity contribution in [1.29, 1.82) is 0 Å². The maximum absolute atomic E-state index is 12.7. The zero-order valence-corrected chi connectivity index (χ0v) is 18.6. The van der Waals surface area contributed by atoms with Crippen LogP contribution in [0.15, 0.2) is 0 Å². The molecule has 0 radical (unpaired) electrons. The molecule has 172 valence electrons. The Morgan fingerprint density at radius 2 is 1.40 bits per heavy atom. The quantitative estimate of drug-likeness (QED) is 0.186. The number of hydrogen-bond donors (Lipinski definition) is 6. The van der Waals surface area contributed by atoms with Crippen LogP contribution >= 0.6 is 11.8 Å². The van der Waals surface area contributed by atoms with E-state index in [1.54, 1.807) is 13.8 Å². The highest BCUT2D eigenvalue weighted by Gasteiger charge is 2.30. The van der Waals surface area contributed by atoms with Gasteiger partial charge in [-0.05, 0) is 37.7 Å². The van der Waals surface area contributed by atoms with E-state index in [9.17, 15) is 29.1 Å². The SMILES string of the molecule is CSCCC(NC(=O)C(CCC(N)=O)NC(=O)C(C)N)C(=O)NC(C(=O)O)C(C)C. The number of nitrogens with one attached hydrogen (secondary N) is 3. The van der Waals surface area contributed by atoms with Crippen molar-refractivity contribution < 1.29 is 29.1 Å². The number of aliphatic carboxylic acids is 1. The van der Waals surface area contributed by atoms with E-state index in [4.69, 9.17) is 11.5 Å². The van der Waals surface area contributed by atoms with Gasteiger partial charge in [0.2, 0.25) is 23.6 Å². The molecule has 4 atom stereocenters. The van der Waals surface area contributed by atoms with Gasteiger partial charge >= 0.3 is 5.97 Å². The van der Waals surface area contributed by atoms with Gasteiger partial charge in [0, 0.05) is 6.42 Å². The molecule has 0 rings (SSSR count). The number of thioether (sulfide) groups is 1. The van der Waals surface area contributed by atoms with E-state index in [-0.39, 0.29) is 25.2 Å². The maximum atomic E-state index is 12.7. The van der Waals surface area contributed by atoms with E-state index < -0.39 is 53.8 Å². The Bertz CT molecular complexity index is 628. The number of amides is 4. The standard InChI is InChI=1S/C18H33N5O6S/c1-9(2)14(18(28)29)23-17(27)12(7-8-30-4)22-16(26)11(5-6-13(20)24)21-15(25)10(3)19/h9-12,14H,5-8,19H2,1-4H3,(H2,20,24)(H,21,25)(H,22,26)(H,23,27)(H,28,29). The fourth-order valence-corrected chi connectivity index (χ4v) is 2.87. The van der Waals surface area contributed by atoms with E-state index in [0.717, 1.165) is 0 Å². The van der Waals surface area contributed by atoms with E-state index in [2.05, 4.69) is 16.0 Å². The van der Waals surface area contributed by atoms with Gasteiger partial charge in [-0.25, -0.2) is 4.79 Å². The van der Waals surface area contributed by atoms with Crippen molar-refractivity contribution in [2.75, 3.05) is 12.0 Å². The lowest BCUT2D eigenvalue weighted by Crippen LogP contribution is -2.57. The average molecular weight is 448 g/mol. The lowest BCUT2D eigenvalue weighted by molar-refractivity contribution is -0.143. The minimum Gasteiger partial charge on any atom is -0.480 e. The lowest BCUT2D eigenvalue weighted by Gasteiger charge is -2.25. The number of hydrogen-bond acceptors (Lipinski definition) is 7. The first-order valence-corrected chi connectivity index (χ1v) is 11.0. The minimum atomic E-state index is -1.18. The molecule has 4 amide bonds. The number of nitrogens with two attached hydrogens (primary N) is 2. The molecule has 0 aromatic rings. The summed E-state index contributed by atoms with van der Waals surface area (Å²) in [5.74, 6) is -3.62. The molecule has 0 aliphatic heterocycles. The maximum Gasteiger partial charge on any atom is 0.326 e. The molecule has 0 bridgehead atoms. The molecule has 0 heterocycles. The van der Waals surface area contributed by atoms with Gasteiger partial charge in [0.1, 0.15) is 18.1 Å². The smallest absolute Gasteiger partial charge is 0.326 e. The Morgan fingerprint density at radius 3 is 1.83 bits per heavy atom. The summed E-state index contributed by atoms with van der Waals surface area (Å²) in [6.45, 7) is 4.74. The van der Waals surface area contributed by atoms with Crippen molar-refractivity contribution in [2.24, 2.45) is 17.4 Å². The number of primary amides is 1. The molecule has 0 fully saturated rings. The molecule has 0 aromatic carbocycles. The van der Waals surface area contributed by atoms with Gasteiger partial charge in [0.05, 0.1) is 6.04 Å². The molecule has 0 spiro atoms. The van der Waals surface area contributed by atoms with Crippen molar-refractivity contribution in [1.82, 2.24) is 16.0 Å². The highest BCUT2D eigenvalue weighted by molar-refractivity contribution is 7.98. The molecule has 12 heteroatoms. The van der Waals surface area contributed by atoms with Crippen molar-refractivity contribution in [2.45, 2.75) is 64.2 Å². The van der Waals surface area contributed by atoms with Crippen LogP contribution < -0.4 is 27.4 Å². The van der Waals surface area contributed by atoms with E-state index >= 15 is 0 Å². The third-order valence-corrected chi connectivity index (χ3v) is 4.84. The fourth-order valence-electron chi connectivity index (χ4n) is 2.40. The van der Waals surface area contributed by atoms with Crippen LogP contribution in [0.3, 0.4) is 0 Å². The zero-order chi connectivity index (χ0) is 23.4. The van der Waals surface area contributed by atoms with E-state index in [1.165, 1.54) is 18.7 Å². The first kappa shape index (κ1) is 27.7. The molecule has 4 unspecified atom stereocenters. The van der Waals surface area contributed by atoms with Crippen molar-refractivity contribution >= 4 is 41.4 Å². The molecule has 0 aromatic heterocycles. The zero-order valence-electron chi connectivity index (χ0n) is 17.8. The number of rotatable bonds is 14. The van der Waals surface area contributed by atoms with Gasteiger partial charge in [-0.1, -0.05) is 13.8 Å². The normalized spacial score (nSPS) is 14.9. The average Bonchev–Trinajstić information content (AvgIpc) is 2.64. The number of carbonyl (C=O) groups excluding carboxylic acids is 4. The Labute approximate surface area is 180 Å². The molecule has 0 saturated heterocycles. The van der Waals surface area contributed by atoms with E-state index in [1.807, 2.05) is 6.26 Å². The highest BCUT2D eigenvalue weighted by Crippen LogP contribution is 2.07. The van der Waals surface area contributed by atoms with Crippen LogP contribution in [0.25, 0.3) is 0 Å². The topological polar surface area (TPSA) is 194 Å². The van der Waals surface area contributed by atoms with Gasteiger partial charge in [-0.2, -0.15) is 11.8 Å². The predicted octanol–water partition coefficient (Wildman–Crippen LogP) is -1.45. The van der Waals surface area contributed by atoms with Gasteiger partial charge in [0.25, 0.3) is 0 Å². The molecule has 11 nitrogen and oxygen atoms in total. The number of carbonyl (C=O) groups is 5. The first-order valence-electron chi connectivity index (χ1n) is 9.57. The second-order valence-electron chi connectivity index (χ2n) is 7.27. The fraction of sp³-hybridized carbons (Fsp3) is 0.722. The number of carboxylic acid groups (broad SMARTS) is 1. The summed E-state index contributed by atoms with van der Waals surface area (Å²) in [4.78, 5) is 59.7. The van der Waals surface area contributed by atoms with Gasteiger partial charge in [-0.3, -0.25) is 19.2 Å². The summed E-state index contributed by atoms with van der Waals surface area (Å²) >= 11 is 1.45. The van der Waals surface area contributed by atoms with Gasteiger partial charge < -0.3 is 32.5 Å². The summed E-state index contributed by atoms with van der Waals surface area (Å²) in [6, 6.07) is -4.14. The minimum absolute atomic E-state index is 0.0692. The Hall–Kier alpha value is -2.34. The second kappa shape index (κ2) is 13.8. The Balaban J connectivity index is 5.41. The molecule has 30 heavy (non-hydrogen) atoms. The van der Waals surface area contributed by atoms with Crippen LogP contribution in [0.4, 0.5) is 0 Å². The lowest BCUT2D eigenvalue weighted by atomic mass is 10.0. The van der Waals surface area contributed by atoms with Crippen molar-refractivity contribution in [3.63, 3.8) is 0 Å². The van der Waals surface area contributed by atoms with Gasteiger partial charge in [0.15, 0.2) is 0 Å².